The van der Waals surface area contributed by atoms with Gasteiger partial charge < -0.3 is 4.57 Å². The second-order valence-corrected chi connectivity index (χ2v) is 10.6. The maximum absolute atomic E-state index is 8.92. The van der Waals surface area contributed by atoms with Gasteiger partial charge in [0.15, 0.2) is 0 Å². The number of nitrogens with one attached hydrogen (secondary N) is 1. The predicted octanol–water partition coefficient (Wildman–Crippen LogP) is 8.79. The summed E-state index contributed by atoms with van der Waals surface area (Å²) in [6, 6.07) is 27.9. The number of benzene rings is 4. The van der Waals surface area contributed by atoms with Crippen molar-refractivity contribution in [2.24, 2.45) is 4.99 Å². The van der Waals surface area contributed by atoms with Crippen molar-refractivity contribution in [1.82, 2.24) is 9.13 Å². The van der Waals surface area contributed by atoms with Crippen LogP contribution in [0.3, 0.4) is 0 Å². The molecule has 188 valence electrons. The fourth-order valence-corrected chi connectivity index (χ4v) is 6.78. The molecule has 0 amide bonds. The summed E-state index contributed by atoms with van der Waals surface area (Å²) in [4.78, 5) is 4.11. The minimum Gasteiger partial charge on any atom is -0.309 e. The van der Waals surface area contributed by atoms with Crippen LogP contribution in [-0.2, 0) is 5.41 Å². The van der Waals surface area contributed by atoms with Crippen molar-refractivity contribution in [3.05, 3.63) is 121 Å². The van der Waals surface area contributed by atoms with Crippen LogP contribution in [-0.4, -0.2) is 21.8 Å². The lowest BCUT2D eigenvalue weighted by Gasteiger charge is -2.24. The lowest BCUT2D eigenvalue weighted by molar-refractivity contribution is 0.658. The average Bonchev–Trinajstić information content (AvgIpc) is 3.54. The van der Waals surface area contributed by atoms with Crippen LogP contribution in [0.1, 0.15) is 25.0 Å². The van der Waals surface area contributed by atoms with Crippen LogP contribution >= 0.6 is 0 Å². The molecule has 0 spiro atoms. The second kappa shape index (κ2) is 8.02. The van der Waals surface area contributed by atoms with Crippen molar-refractivity contribution < 1.29 is 0 Å². The van der Waals surface area contributed by atoms with E-state index in [0.29, 0.717) is 0 Å². The van der Waals surface area contributed by atoms with E-state index in [1.165, 1.54) is 10.8 Å². The molecule has 0 saturated heterocycles. The van der Waals surface area contributed by atoms with Crippen LogP contribution in [0.4, 0.5) is 0 Å². The molecule has 0 radical (unpaired) electrons. The minimum atomic E-state index is -0.316. The van der Waals surface area contributed by atoms with E-state index in [-0.39, 0.29) is 11.4 Å². The average molecular weight is 505 g/mol. The van der Waals surface area contributed by atoms with Gasteiger partial charge in [-0.05, 0) is 53.3 Å². The summed E-state index contributed by atoms with van der Waals surface area (Å²) >= 11 is 0. The Morgan fingerprint density at radius 2 is 1.41 bits per heavy atom. The number of para-hydroxylation sites is 2. The van der Waals surface area contributed by atoms with E-state index < -0.39 is 0 Å². The van der Waals surface area contributed by atoms with Gasteiger partial charge in [0.25, 0.3) is 0 Å². The van der Waals surface area contributed by atoms with Gasteiger partial charge in [-0.15, -0.1) is 0 Å². The van der Waals surface area contributed by atoms with Gasteiger partial charge >= 0.3 is 0 Å². The van der Waals surface area contributed by atoms with E-state index in [4.69, 9.17) is 5.41 Å². The Bertz CT molecular complexity index is 2060. The molecular formula is C35H28N4. The summed E-state index contributed by atoms with van der Waals surface area (Å²) in [5, 5.41) is 13.5. The zero-order chi connectivity index (χ0) is 27.1. The monoisotopic (exact) mass is 504 g/mol. The Labute approximate surface area is 227 Å². The van der Waals surface area contributed by atoms with Gasteiger partial charge in [-0.3, -0.25) is 9.98 Å². The van der Waals surface area contributed by atoms with Gasteiger partial charge in [0.1, 0.15) is 0 Å². The summed E-state index contributed by atoms with van der Waals surface area (Å²) in [7, 11) is 0. The number of aromatic nitrogens is 2. The van der Waals surface area contributed by atoms with E-state index >= 15 is 0 Å². The standard InChI is InChI=1S/C35H28N4/c1-6-22-26-18-19-27-25-17-16-21(38-29-14-10-8-12-23(29)24-13-9-11-15-30(24)38)20-31(25)39(34(36)37-5)33(27)32(26)35(3,4)28(22)7-2/h6-20,36H,1-2,5H2,3-4H3. The van der Waals surface area contributed by atoms with Crippen LogP contribution in [0.2, 0.25) is 0 Å². The third-order valence-corrected chi connectivity index (χ3v) is 8.40. The van der Waals surface area contributed by atoms with E-state index in [0.717, 1.165) is 60.8 Å². The third-order valence-electron chi connectivity index (χ3n) is 8.40. The summed E-state index contributed by atoms with van der Waals surface area (Å²) in [6.07, 6.45) is 3.86. The number of nitrogens with zero attached hydrogens (tertiary/aromatic N) is 3. The molecule has 0 fully saturated rings. The van der Waals surface area contributed by atoms with Gasteiger partial charge in [0.2, 0.25) is 5.96 Å². The van der Waals surface area contributed by atoms with Crippen molar-refractivity contribution in [2.45, 2.75) is 19.3 Å². The maximum Gasteiger partial charge on any atom is 0.226 e. The number of hydrogen-bond donors (Lipinski definition) is 1. The largest absolute Gasteiger partial charge is 0.309 e. The summed E-state index contributed by atoms with van der Waals surface area (Å²) in [5.74, 6) is 0.103. The van der Waals surface area contributed by atoms with Gasteiger partial charge in [0, 0.05) is 32.6 Å². The molecule has 2 heterocycles. The van der Waals surface area contributed by atoms with Crippen LogP contribution < -0.4 is 0 Å². The fourth-order valence-electron chi connectivity index (χ4n) is 6.78. The second-order valence-electron chi connectivity index (χ2n) is 10.6. The van der Waals surface area contributed by atoms with Crippen molar-refractivity contribution in [3.8, 4) is 5.69 Å². The van der Waals surface area contributed by atoms with Crippen molar-refractivity contribution in [1.29, 1.82) is 5.41 Å². The lowest BCUT2D eigenvalue weighted by atomic mass is 9.80. The molecule has 2 aromatic heterocycles. The molecule has 0 aliphatic heterocycles. The highest BCUT2D eigenvalue weighted by Crippen LogP contribution is 2.51. The molecule has 0 bridgehead atoms. The molecule has 4 heteroatoms. The smallest absolute Gasteiger partial charge is 0.226 e. The Kier molecular flexibility index (Phi) is 4.77. The first-order chi connectivity index (χ1) is 18.9. The van der Waals surface area contributed by atoms with E-state index in [9.17, 15) is 0 Å². The summed E-state index contributed by atoms with van der Waals surface area (Å²) < 4.78 is 4.26. The number of hydrogen-bond acceptors (Lipinski definition) is 1. The van der Waals surface area contributed by atoms with Crippen LogP contribution in [0, 0.1) is 5.41 Å². The first-order valence-electron chi connectivity index (χ1n) is 13.1. The van der Waals surface area contributed by atoms with Gasteiger partial charge in [-0.25, -0.2) is 4.99 Å². The number of allylic oxidation sites excluding steroid dienone is 4. The quantitative estimate of drug-likeness (QED) is 0.185. The fraction of sp³-hybridized carbons (Fsp3) is 0.0857. The molecule has 4 aromatic carbocycles. The zero-order valence-corrected chi connectivity index (χ0v) is 22.1. The van der Waals surface area contributed by atoms with Crippen molar-refractivity contribution in [2.75, 3.05) is 0 Å². The normalized spacial score (nSPS) is 14.4. The minimum absolute atomic E-state index is 0.103. The topological polar surface area (TPSA) is 46.1 Å². The maximum atomic E-state index is 8.92. The Hall–Kier alpha value is -4.96. The molecule has 1 aliphatic rings. The van der Waals surface area contributed by atoms with Crippen LogP contribution in [0.5, 0.6) is 0 Å². The molecule has 0 saturated carbocycles. The van der Waals surface area contributed by atoms with Crippen molar-refractivity contribution in [3.63, 3.8) is 0 Å². The third kappa shape index (κ3) is 2.89. The Morgan fingerprint density at radius 1 is 0.795 bits per heavy atom. The number of fused-ring (bicyclic) bond motifs is 8. The molecule has 0 unspecified atom stereocenters. The Morgan fingerprint density at radius 3 is 2.03 bits per heavy atom. The molecule has 6 aromatic rings. The molecule has 1 N–H and O–H groups in total. The van der Waals surface area contributed by atoms with Gasteiger partial charge in [-0.1, -0.05) is 93.8 Å². The zero-order valence-electron chi connectivity index (χ0n) is 22.1. The molecule has 7 rings (SSSR count). The van der Waals surface area contributed by atoms with E-state index in [2.05, 4.69) is 122 Å². The molecule has 4 nitrogen and oxygen atoms in total. The first kappa shape index (κ1) is 23.2. The molecule has 39 heavy (non-hydrogen) atoms. The van der Waals surface area contributed by atoms with Gasteiger partial charge in [-0.2, -0.15) is 0 Å². The predicted molar refractivity (Wildman–Crippen MR) is 167 cm³/mol. The lowest BCUT2D eigenvalue weighted by Crippen LogP contribution is -2.19. The van der Waals surface area contributed by atoms with Crippen LogP contribution in [0.25, 0.3) is 54.9 Å². The highest BCUT2D eigenvalue weighted by atomic mass is 15.1. The highest BCUT2D eigenvalue weighted by molar-refractivity contribution is 6.17. The van der Waals surface area contributed by atoms with Crippen LogP contribution in [0.15, 0.2) is 115 Å². The van der Waals surface area contributed by atoms with Crippen molar-refractivity contribution >= 4 is 61.9 Å². The molecular weight excluding hydrogens is 476 g/mol. The van der Waals surface area contributed by atoms with E-state index in [1.807, 2.05) is 16.7 Å². The number of aliphatic imine (C=N–C) groups is 1. The number of rotatable bonds is 3. The van der Waals surface area contributed by atoms with E-state index in [1.54, 1.807) is 0 Å². The SMILES string of the molecule is C=CC1=C(C=C)C(C)(C)c2c1ccc1c3ccc(-n4c5ccccc5c5ccccc54)cc3n(C(=N)N=C)c21. The van der Waals surface area contributed by atoms with Gasteiger partial charge in [0.05, 0.1) is 22.1 Å². The molecule has 1 aliphatic carbocycles. The first-order valence-corrected chi connectivity index (χ1v) is 13.1. The summed E-state index contributed by atoms with van der Waals surface area (Å²) in [5.41, 5.74) is 9.45. The highest BCUT2D eigenvalue weighted by Gasteiger charge is 2.38. The molecule has 0 atom stereocenters. The summed E-state index contributed by atoms with van der Waals surface area (Å²) in [6.45, 7) is 16.4. The Balaban J connectivity index is 1.62.